The van der Waals surface area contributed by atoms with Gasteiger partial charge in [-0.05, 0) is 0 Å². The van der Waals surface area contributed by atoms with Crippen LogP contribution in [-0.2, 0) is 5.41 Å². The van der Waals surface area contributed by atoms with Crippen LogP contribution in [0.4, 0.5) is 0 Å². The highest BCUT2D eigenvalue weighted by Gasteiger charge is 2.25. The normalized spacial score (nSPS) is 11.9. The van der Waals surface area contributed by atoms with E-state index < -0.39 is 5.63 Å². The van der Waals surface area contributed by atoms with Gasteiger partial charge in [-0.15, -0.1) is 0 Å². The third-order valence-corrected chi connectivity index (χ3v) is 2.92. The van der Waals surface area contributed by atoms with Crippen molar-refractivity contribution < 1.29 is 4.42 Å². The SMILES string of the molecule is CC(C)(C)c1oc(=O)c(Cl)c(Cl)c1Cl. The Bertz CT molecular complexity index is 415. The Morgan fingerprint density at radius 3 is 1.93 bits per heavy atom. The van der Waals surface area contributed by atoms with Gasteiger partial charge >= 0.3 is 5.63 Å². The molecule has 0 atom stereocenters. The average molecular weight is 256 g/mol. The third-order valence-electron chi connectivity index (χ3n) is 1.64. The summed E-state index contributed by atoms with van der Waals surface area (Å²) in [7, 11) is 0. The Balaban J connectivity index is 3.57. The maximum absolute atomic E-state index is 11.2. The zero-order valence-corrected chi connectivity index (χ0v) is 10.2. The van der Waals surface area contributed by atoms with E-state index in [-0.39, 0.29) is 20.5 Å². The molecule has 2 nitrogen and oxygen atoms in total. The first-order chi connectivity index (χ1) is 6.25. The lowest BCUT2D eigenvalue weighted by atomic mass is 9.93. The second-order valence-corrected chi connectivity index (χ2v) is 5.04. The van der Waals surface area contributed by atoms with Gasteiger partial charge in [0.05, 0.1) is 5.02 Å². The Morgan fingerprint density at radius 1 is 1.00 bits per heavy atom. The van der Waals surface area contributed by atoms with E-state index in [1.165, 1.54) is 0 Å². The van der Waals surface area contributed by atoms with E-state index in [0.29, 0.717) is 5.76 Å². The van der Waals surface area contributed by atoms with E-state index in [2.05, 4.69) is 0 Å². The van der Waals surface area contributed by atoms with Gasteiger partial charge in [-0.3, -0.25) is 0 Å². The Labute approximate surface area is 96.8 Å². The molecular formula is C9H9Cl3O2. The van der Waals surface area contributed by atoms with Gasteiger partial charge in [0.1, 0.15) is 15.8 Å². The molecule has 1 rings (SSSR count). The van der Waals surface area contributed by atoms with Crippen molar-refractivity contribution in [2.45, 2.75) is 26.2 Å². The van der Waals surface area contributed by atoms with Crippen molar-refractivity contribution in [3.05, 3.63) is 31.2 Å². The smallest absolute Gasteiger partial charge is 0.356 e. The summed E-state index contributed by atoms with van der Waals surface area (Å²) in [5.41, 5.74) is -1.05. The quantitative estimate of drug-likeness (QED) is 0.704. The van der Waals surface area contributed by atoms with Crippen molar-refractivity contribution in [2.75, 3.05) is 0 Å². The molecule has 0 saturated heterocycles. The molecule has 14 heavy (non-hydrogen) atoms. The molecule has 0 saturated carbocycles. The largest absolute Gasteiger partial charge is 0.425 e. The summed E-state index contributed by atoms with van der Waals surface area (Å²) in [5.74, 6) is 0.346. The highest BCUT2D eigenvalue weighted by atomic mass is 35.5. The zero-order valence-electron chi connectivity index (χ0n) is 7.95. The fourth-order valence-electron chi connectivity index (χ4n) is 0.950. The number of rotatable bonds is 0. The van der Waals surface area contributed by atoms with Crippen LogP contribution in [0.3, 0.4) is 0 Å². The minimum atomic E-state index is -0.661. The van der Waals surface area contributed by atoms with Gasteiger partial charge in [-0.25, -0.2) is 4.79 Å². The Hall–Kier alpha value is -0.180. The molecule has 0 N–H and O–H groups in total. The molecular weight excluding hydrogens is 246 g/mol. The standard InChI is InChI=1S/C9H9Cl3O2/c1-9(2,3)7-5(11)4(10)6(12)8(13)14-7/h1-3H3. The van der Waals surface area contributed by atoms with Crippen LogP contribution in [0.2, 0.25) is 15.1 Å². The summed E-state index contributed by atoms with van der Waals surface area (Å²) in [6.45, 7) is 5.59. The average Bonchev–Trinajstić information content (AvgIpc) is 2.06. The summed E-state index contributed by atoms with van der Waals surface area (Å²) in [5, 5.41) is 0.0722. The summed E-state index contributed by atoms with van der Waals surface area (Å²) in [6, 6.07) is 0. The molecule has 0 bridgehead atoms. The summed E-state index contributed by atoms with van der Waals surface area (Å²) in [4.78, 5) is 11.2. The van der Waals surface area contributed by atoms with Crippen molar-refractivity contribution in [1.29, 1.82) is 0 Å². The molecule has 0 unspecified atom stereocenters. The monoisotopic (exact) mass is 254 g/mol. The first-order valence-electron chi connectivity index (χ1n) is 3.93. The highest BCUT2D eigenvalue weighted by Crippen LogP contribution is 2.36. The van der Waals surface area contributed by atoms with Crippen LogP contribution in [0.1, 0.15) is 26.5 Å². The van der Waals surface area contributed by atoms with Crippen molar-refractivity contribution in [1.82, 2.24) is 0 Å². The molecule has 1 aromatic heterocycles. The minimum Gasteiger partial charge on any atom is -0.425 e. The van der Waals surface area contributed by atoms with Gasteiger partial charge in [0.25, 0.3) is 0 Å². The van der Waals surface area contributed by atoms with Crippen LogP contribution in [0.15, 0.2) is 9.21 Å². The van der Waals surface area contributed by atoms with E-state index in [1.807, 2.05) is 20.8 Å². The van der Waals surface area contributed by atoms with Crippen molar-refractivity contribution in [3.8, 4) is 0 Å². The van der Waals surface area contributed by atoms with Crippen molar-refractivity contribution in [2.24, 2.45) is 0 Å². The predicted octanol–water partition coefficient (Wildman–Crippen LogP) is 3.90. The molecule has 0 radical (unpaired) electrons. The van der Waals surface area contributed by atoms with Gasteiger partial charge in [-0.2, -0.15) is 0 Å². The highest BCUT2D eigenvalue weighted by molar-refractivity contribution is 6.48. The van der Waals surface area contributed by atoms with Gasteiger partial charge in [0, 0.05) is 5.41 Å². The lowest BCUT2D eigenvalue weighted by molar-refractivity contribution is 0.378. The molecule has 1 heterocycles. The summed E-state index contributed by atoms with van der Waals surface area (Å²) >= 11 is 17.3. The van der Waals surface area contributed by atoms with E-state index >= 15 is 0 Å². The second-order valence-electron chi connectivity index (χ2n) is 3.91. The number of hydrogen-bond donors (Lipinski definition) is 0. The first kappa shape index (κ1) is 11.9. The molecule has 0 fully saturated rings. The predicted molar refractivity (Wildman–Crippen MR) is 58.7 cm³/mol. The lowest BCUT2D eigenvalue weighted by Crippen LogP contribution is -2.16. The van der Waals surface area contributed by atoms with Gasteiger partial charge in [0.2, 0.25) is 0 Å². The minimum absolute atomic E-state index is 0.0505. The second kappa shape index (κ2) is 3.76. The fraction of sp³-hybridized carbons (Fsp3) is 0.444. The maximum atomic E-state index is 11.2. The van der Waals surface area contributed by atoms with Crippen LogP contribution in [0.5, 0.6) is 0 Å². The Kier molecular flexibility index (Phi) is 3.20. The van der Waals surface area contributed by atoms with E-state index in [0.717, 1.165) is 0 Å². The molecule has 5 heteroatoms. The molecule has 0 aliphatic heterocycles. The van der Waals surface area contributed by atoms with Crippen LogP contribution in [0, 0.1) is 0 Å². The summed E-state index contributed by atoms with van der Waals surface area (Å²) < 4.78 is 4.98. The molecule has 0 aromatic carbocycles. The van der Waals surface area contributed by atoms with E-state index in [1.54, 1.807) is 0 Å². The first-order valence-corrected chi connectivity index (χ1v) is 5.06. The van der Waals surface area contributed by atoms with Gasteiger partial charge in [0.15, 0.2) is 0 Å². The topological polar surface area (TPSA) is 30.2 Å². The van der Waals surface area contributed by atoms with Crippen molar-refractivity contribution >= 4 is 34.8 Å². The zero-order chi connectivity index (χ0) is 11.1. The van der Waals surface area contributed by atoms with Crippen LogP contribution in [0.25, 0.3) is 0 Å². The maximum Gasteiger partial charge on any atom is 0.356 e. The third kappa shape index (κ3) is 2.08. The summed E-state index contributed by atoms with van der Waals surface area (Å²) in [6.07, 6.45) is 0. The van der Waals surface area contributed by atoms with Crippen LogP contribution < -0.4 is 5.63 Å². The van der Waals surface area contributed by atoms with E-state index in [9.17, 15) is 4.79 Å². The van der Waals surface area contributed by atoms with Crippen LogP contribution in [-0.4, -0.2) is 0 Å². The van der Waals surface area contributed by atoms with E-state index in [4.69, 9.17) is 39.2 Å². The molecule has 0 aliphatic rings. The molecule has 0 spiro atoms. The molecule has 1 aromatic rings. The molecule has 0 aliphatic carbocycles. The Morgan fingerprint density at radius 2 is 1.50 bits per heavy atom. The van der Waals surface area contributed by atoms with Gasteiger partial charge in [-0.1, -0.05) is 55.6 Å². The number of hydrogen-bond acceptors (Lipinski definition) is 2. The fourth-order valence-corrected chi connectivity index (χ4v) is 1.71. The number of halogens is 3. The molecule has 0 amide bonds. The molecule has 78 valence electrons. The van der Waals surface area contributed by atoms with Crippen molar-refractivity contribution in [3.63, 3.8) is 0 Å². The van der Waals surface area contributed by atoms with Crippen LogP contribution >= 0.6 is 34.8 Å². The lowest BCUT2D eigenvalue weighted by Gasteiger charge is -2.18. The van der Waals surface area contributed by atoms with Gasteiger partial charge < -0.3 is 4.42 Å².